The SMILES string of the molecule is COCc1nnc(NC(=O)C[C@H]2CCS(=O)(=O)C2)s1. The van der Waals surface area contributed by atoms with Crippen LogP contribution in [0.4, 0.5) is 5.13 Å². The third-order valence-corrected chi connectivity index (χ3v) is 5.43. The summed E-state index contributed by atoms with van der Waals surface area (Å²) in [7, 11) is -1.38. The molecule has 1 aromatic rings. The first-order chi connectivity index (χ1) is 8.98. The van der Waals surface area contributed by atoms with Gasteiger partial charge in [0, 0.05) is 13.5 Å². The minimum absolute atomic E-state index is 0.0867. The van der Waals surface area contributed by atoms with Crippen molar-refractivity contribution in [3.05, 3.63) is 5.01 Å². The first-order valence-electron chi connectivity index (χ1n) is 5.80. The van der Waals surface area contributed by atoms with Gasteiger partial charge in [-0.25, -0.2) is 8.42 Å². The van der Waals surface area contributed by atoms with Gasteiger partial charge in [0.05, 0.1) is 11.5 Å². The predicted octanol–water partition coefficient (Wildman–Crippen LogP) is 0.448. The number of carbonyl (C=O) groups is 1. The molecule has 0 aliphatic carbocycles. The maximum absolute atomic E-state index is 11.7. The normalized spacial score (nSPS) is 21.4. The van der Waals surface area contributed by atoms with E-state index in [0.29, 0.717) is 23.2 Å². The molecule has 1 aliphatic heterocycles. The molecule has 2 heterocycles. The van der Waals surface area contributed by atoms with Crippen LogP contribution in [0.2, 0.25) is 0 Å². The van der Waals surface area contributed by atoms with E-state index in [1.54, 1.807) is 7.11 Å². The summed E-state index contributed by atoms with van der Waals surface area (Å²) in [5.41, 5.74) is 0. The van der Waals surface area contributed by atoms with Crippen LogP contribution in [0.1, 0.15) is 17.8 Å². The molecule has 1 aromatic heterocycles. The Morgan fingerprint density at radius 2 is 2.32 bits per heavy atom. The number of nitrogens with zero attached hydrogens (tertiary/aromatic N) is 2. The van der Waals surface area contributed by atoms with Gasteiger partial charge in [0.1, 0.15) is 11.6 Å². The Balaban J connectivity index is 1.84. The number of rotatable bonds is 5. The lowest BCUT2D eigenvalue weighted by molar-refractivity contribution is -0.116. The number of amides is 1. The number of nitrogens with one attached hydrogen (secondary N) is 1. The van der Waals surface area contributed by atoms with Crippen molar-refractivity contribution in [2.24, 2.45) is 5.92 Å². The molecule has 1 fully saturated rings. The van der Waals surface area contributed by atoms with E-state index in [0.717, 1.165) is 0 Å². The Hall–Kier alpha value is -1.06. The zero-order chi connectivity index (χ0) is 13.9. The van der Waals surface area contributed by atoms with Gasteiger partial charge in [-0.2, -0.15) is 0 Å². The summed E-state index contributed by atoms with van der Waals surface area (Å²) in [6.07, 6.45) is 0.763. The van der Waals surface area contributed by atoms with Gasteiger partial charge >= 0.3 is 0 Å². The minimum Gasteiger partial charge on any atom is -0.377 e. The average molecular weight is 305 g/mol. The van der Waals surface area contributed by atoms with Crippen molar-refractivity contribution in [1.29, 1.82) is 0 Å². The second kappa shape index (κ2) is 5.93. The molecule has 19 heavy (non-hydrogen) atoms. The molecular formula is C10H15N3O4S2. The molecule has 0 bridgehead atoms. The molecule has 1 N–H and O–H groups in total. The third-order valence-electron chi connectivity index (χ3n) is 2.78. The lowest BCUT2D eigenvalue weighted by atomic mass is 10.1. The van der Waals surface area contributed by atoms with E-state index in [9.17, 15) is 13.2 Å². The fraction of sp³-hybridized carbons (Fsp3) is 0.700. The number of carbonyl (C=O) groups excluding carboxylic acids is 1. The second-order valence-electron chi connectivity index (χ2n) is 4.46. The molecule has 0 unspecified atom stereocenters. The highest BCUT2D eigenvalue weighted by Crippen LogP contribution is 2.23. The van der Waals surface area contributed by atoms with Crippen molar-refractivity contribution < 1.29 is 17.9 Å². The molecule has 0 saturated carbocycles. The van der Waals surface area contributed by atoms with Gasteiger partial charge in [0.25, 0.3) is 0 Å². The Morgan fingerprint density at radius 3 is 2.95 bits per heavy atom. The highest BCUT2D eigenvalue weighted by Gasteiger charge is 2.29. The maximum atomic E-state index is 11.7. The molecule has 0 radical (unpaired) electrons. The lowest BCUT2D eigenvalue weighted by Crippen LogP contribution is -2.17. The van der Waals surface area contributed by atoms with Crippen LogP contribution in [0.5, 0.6) is 0 Å². The summed E-state index contributed by atoms with van der Waals surface area (Å²) in [6.45, 7) is 0.356. The molecule has 0 spiro atoms. The first-order valence-corrected chi connectivity index (χ1v) is 8.44. The molecule has 9 heteroatoms. The lowest BCUT2D eigenvalue weighted by Gasteiger charge is -2.05. The van der Waals surface area contributed by atoms with Crippen LogP contribution in [0.3, 0.4) is 0 Å². The van der Waals surface area contributed by atoms with Gasteiger partial charge in [-0.05, 0) is 12.3 Å². The van der Waals surface area contributed by atoms with Crippen LogP contribution < -0.4 is 5.32 Å². The van der Waals surface area contributed by atoms with Gasteiger partial charge in [-0.1, -0.05) is 11.3 Å². The monoisotopic (exact) mass is 305 g/mol. The quantitative estimate of drug-likeness (QED) is 0.848. The van der Waals surface area contributed by atoms with E-state index in [2.05, 4.69) is 15.5 Å². The van der Waals surface area contributed by atoms with Crippen molar-refractivity contribution >= 4 is 32.2 Å². The molecule has 7 nitrogen and oxygen atoms in total. The summed E-state index contributed by atoms with van der Waals surface area (Å²) in [5, 5.41) is 11.4. The van der Waals surface area contributed by atoms with Crippen molar-refractivity contribution in [1.82, 2.24) is 10.2 Å². The number of hydrogen-bond acceptors (Lipinski definition) is 7. The summed E-state index contributed by atoms with van der Waals surface area (Å²) < 4.78 is 27.5. The summed E-state index contributed by atoms with van der Waals surface area (Å²) in [4.78, 5) is 11.7. The van der Waals surface area contributed by atoms with Crippen molar-refractivity contribution in [3.63, 3.8) is 0 Å². The van der Waals surface area contributed by atoms with Crippen LogP contribution in [-0.2, 0) is 26.0 Å². The van der Waals surface area contributed by atoms with Crippen LogP contribution in [-0.4, -0.2) is 43.1 Å². The second-order valence-corrected chi connectivity index (χ2v) is 7.75. The molecule has 1 amide bonds. The Labute approximate surface area is 115 Å². The molecule has 1 aliphatic rings. The fourth-order valence-electron chi connectivity index (χ4n) is 1.95. The van der Waals surface area contributed by atoms with Gasteiger partial charge in [0.15, 0.2) is 9.84 Å². The Kier molecular flexibility index (Phi) is 4.48. The molecule has 2 rings (SSSR count). The molecule has 1 atom stereocenters. The predicted molar refractivity (Wildman–Crippen MR) is 70.6 cm³/mol. The van der Waals surface area contributed by atoms with E-state index < -0.39 is 9.84 Å². The summed E-state index contributed by atoms with van der Waals surface area (Å²) in [6, 6.07) is 0. The topological polar surface area (TPSA) is 98.2 Å². The van der Waals surface area contributed by atoms with Gasteiger partial charge < -0.3 is 10.1 Å². The maximum Gasteiger partial charge on any atom is 0.226 e. The van der Waals surface area contributed by atoms with Crippen LogP contribution >= 0.6 is 11.3 Å². The number of sulfone groups is 1. The van der Waals surface area contributed by atoms with E-state index in [4.69, 9.17) is 4.74 Å². The molecule has 106 valence electrons. The number of anilines is 1. The fourth-order valence-corrected chi connectivity index (χ4v) is 4.54. The van der Waals surface area contributed by atoms with Crippen molar-refractivity contribution in [2.75, 3.05) is 23.9 Å². The summed E-state index contributed by atoms with van der Waals surface area (Å²) in [5.74, 6) is -0.0219. The minimum atomic E-state index is -2.94. The highest BCUT2D eigenvalue weighted by molar-refractivity contribution is 7.91. The van der Waals surface area contributed by atoms with E-state index in [-0.39, 0.29) is 29.8 Å². The summed E-state index contributed by atoms with van der Waals surface area (Å²) >= 11 is 1.25. The van der Waals surface area contributed by atoms with Crippen molar-refractivity contribution in [3.8, 4) is 0 Å². The molecule has 1 saturated heterocycles. The third kappa shape index (κ3) is 4.22. The first kappa shape index (κ1) is 14.4. The number of hydrogen-bond donors (Lipinski definition) is 1. The average Bonchev–Trinajstić information content (AvgIpc) is 2.86. The number of aromatic nitrogens is 2. The van der Waals surface area contributed by atoms with Gasteiger partial charge in [0.2, 0.25) is 11.0 Å². The Bertz CT molecular complexity index is 555. The standard InChI is InChI=1S/C10H15N3O4S2/c1-17-5-9-12-13-10(18-9)11-8(14)4-7-2-3-19(15,16)6-7/h7H,2-6H2,1H3,(H,11,13,14)/t7-/m1/s1. The van der Waals surface area contributed by atoms with E-state index in [1.807, 2.05) is 0 Å². The van der Waals surface area contributed by atoms with Gasteiger partial charge in [-0.3, -0.25) is 4.79 Å². The van der Waals surface area contributed by atoms with Crippen LogP contribution in [0.25, 0.3) is 0 Å². The van der Waals surface area contributed by atoms with E-state index >= 15 is 0 Å². The largest absolute Gasteiger partial charge is 0.377 e. The van der Waals surface area contributed by atoms with Crippen LogP contribution in [0.15, 0.2) is 0 Å². The zero-order valence-corrected chi connectivity index (χ0v) is 12.1. The smallest absolute Gasteiger partial charge is 0.226 e. The molecule has 0 aromatic carbocycles. The highest BCUT2D eigenvalue weighted by atomic mass is 32.2. The van der Waals surface area contributed by atoms with Gasteiger partial charge in [-0.15, -0.1) is 10.2 Å². The van der Waals surface area contributed by atoms with Crippen molar-refractivity contribution in [2.45, 2.75) is 19.4 Å². The number of methoxy groups -OCH3 is 1. The van der Waals surface area contributed by atoms with E-state index in [1.165, 1.54) is 11.3 Å². The molecular weight excluding hydrogens is 290 g/mol. The zero-order valence-electron chi connectivity index (χ0n) is 10.5. The number of ether oxygens (including phenoxy) is 1. The van der Waals surface area contributed by atoms with Crippen LogP contribution in [0, 0.1) is 5.92 Å². The Morgan fingerprint density at radius 1 is 1.53 bits per heavy atom.